The van der Waals surface area contributed by atoms with Gasteiger partial charge < -0.3 is 20.4 Å². The number of nitrogens with one attached hydrogen (secondary N) is 1. The Morgan fingerprint density at radius 1 is 1.43 bits per heavy atom. The molecule has 2 rings (SSSR count). The van der Waals surface area contributed by atoms with E-state index < -0.39 is 0 Å². The van der Waals surface area contributed by atoms with Gasteiger partial charge in [-0.15, -0.1) is 0 Å². The fraction of sp³-hybridized carbons (Fsp3) is 0.400. The first-order valence-electron chi connectivity index (χ1n) is 4.74. The van der Waals surface area contributed by atoms with Crippen molar-refractivity contribution in [3.8, 4) is 5.75 Å². The van der Waals surface area contributed by atoms with Crippen LogP contribution in [0.5, 0.6) is 5.75 Å². The van der Waals surface area contributed by atoms with E-state index in [4.69, 9.17) is 5.11 Å². The summed E-state index contributed by atoms with van der Waals surface area (Å²) in [6.45, 7) is 2.40. The standard InChI is InChI=1S/C10H14N2O2/c13-7-6-12-5-4-11-10-8(12)2-1-3-9(10)14/h1-3,11,13-14H,4-7H2. The number of aliphatic hydroxyl groups excluding tert-OH is 1. The Balaban J connectivity index is 2.34. The molecule has 0 aliphatic carbocycles. The van der Waals surface area contributed by atoms with Crippen molar-refractivity contribution in [2.45, 2.75) is 0 Å². The highest BCUT2D eigenvalue weighted by Crippen LogP contribution is 2.35. The number of phenols is 1. The molecule has 0 atom stereocenters. The van der Waals surface area contributed by atoms with Gasteiger partial charge in [0.2, 0.25) is 0 Å². The van der Waals surface area contributed by atoms with Crippen LogP contribution >= 0.6 is 0 Å². The van der Waals surface area contributed by atoms with Crippen LogP contribution < -0.4 is 10.2 Å². The molecule has 0 saturated heterocycles. The van der Waals surface area contributed by atoms with Crippen LogP contribution in [-0.4, -0.2) is 36.5 Å². The maximum atomic E-state index is 9.59. The summed E-state index contributed by atoms with van der Waals surface area (Å²) in [5, 5.41) is 21.6. The van der Waals surface area contributed by atoms with Crippen LogP contribution in [0.3, 0.4) is 0 Å². The molecule has 76 valence electrons. The normalized spacial score (nSPS) is 14.8. The first kappa shape index (κ1) is 9.15. The Morgan fingerprint density at radius 2 is 2.29 bits per heavy atom. The van der Waals surface area contributed by atoms with Crippen LogP contribution in [0, 0.1) is 0 Å². The van der Waals surface area contributed by atoms with E-state index in [1.165, 1.54) is 0 Å². The van der Waals surface area contributed by atoms with Crippen molar-refractivity contribution in [3.05, 3.63) is 18.2 Å². The van der Waals surface area contributed by atoms with E-state index in [9.17, 15) is 5.11 Å². The van der Waals surface area contributed by atoms with E-state index in [0.29, 0.717) is 6.54 Å². The Morgan fingerprint density at radius 3 is 3.07 bits per heavy atom. The number of aromatic hydroxyl groups is 1. The molecule has 1 aromatic carbocycles. The lowest BCUT2D eigenvalue weighted by molar-refractivity contribution is 0.302. The summed E-state index contributed by atoms with van der Waals surface area (Å²) in [5.41, 5.74) is 1.73. The highest BCUT2D eigenvalue weighted by Gasteiger charge is 2.17. The smallest absolute Gasteiger partial charge is 0.140 e. The van der Waals surface area contributed by atoms with Crippen molar-refractivity contribution in [1.29, 1.82) is 0 Å². The summed E-state index contributed by atoms with van der Waals surface area (Å²) < 4.78 is 0. The van der Waals surface area contributed by atoms with Crippen molar-refractivity contribution in [2.75, 3.05) is 36.5 Å². The molecular formula is C10H14N2O2. The number of fused-ring (bicyclic) bond motifs is 1. The lowest BCUT2D eigenvalue weighted by atomic mass is 10.2. The molecule has 0 amide bonds. The van der Waals surface area contributed by atoms with Gasteiger partial charge in [0.05, 0.1) is 12.3 Å². The van der Waals surface area contributed by atoms with Crippen LogP contribution in [0.2, 0.25) is 0 Å². The largest absolute Gasteiger partial charge is 0.506 e. The second-order valence-corrected chi connectivity index (χ2v) is 3.31. The molecule has 1 aliphatic rings. The Kier molecular flexibility index (Phi) is 2.45. The summed E-state index contributed by atoms with van der Waals surface area (Å²) >= 11 is 0. The molecule has 0 radical (unpaired) electrons. The van der Waals surface area contributed by atoms with Crippen LogP contribution in [0.1, 0.15) is 0 Å². The number of hydrogen-bond acceptors (Lipinski definition) is 4. The molecule has 0 saturated carbocycles. The van der Waals surface area contributed by atoms with Crippen LogP contribution in [0.4, 0.5) is 11.4 Å². The Hall–Kier alpha value is -1.42. The Bertz CT molecular complexity index is 328. The maximum absolute atomic E-state index is 9.59. The molecule has 0 spiro atoms. The highest BCUT2D eigenvalue weighted by molar-refractivity contribution is 5.77. The van der Waals surface area contributed by atoms with Gasteiger partial charge in [0.15, 0.2) is 0 Å². The molecule has 1 heterocycles. The number of phenolic OH excluding ortho intramolecular Hbond substituents is 1. The van der Waals surface area contributed by atoms with Crippen molar-refractivity contribution < 1.29 is 10.2 Å². The zero-order chi connectivity index (χ0) is 9.97. The SMILES string of the molecule is OCCN1CCNc2c(O)cccc21. The topological polar surface area (TPSA) is 55.7 Å². The molecule has 0 bridgehead atoms. The van der Waals surface area contributed by atoms with Crippen molar-refractivity contribution in [2.24, 2.45) is 0 Å². The van der Waals surface area contributed by atoms with Gasteiger partial charge >= 0.3 is 0 Å². The molecule has 0 unspecified atom stereocenters. The highest BCUT2D eigenvalue weighted by atomic mass is 16.3. The number of benzene rings is 1. The summed E-state index contributed by atoms with van der Waals surface area (Å²) in [7, 11) is 0. The minimum absolute atomic E-state index is 0.134. The lowest BCUT2D eigenvalue weighted by Crippen LogP contribution is -2.35. The second kappa shape index (κ2) is 3.75. The van der Waals surface area contributed by atoms with Gasteiger partial charge in [-0.25, -0.2) is 0 Å². The number of β-amino-alcohol motifs (C(OH)–C–C–N with tert-alkyl or cyclic N) is 1. The van der Waals surface area contributed by atoms with E-state index >= 15 is 0 Å². The number of para-hydroxylation sites is 1. The molecule has 3 N–H and O–H groups in total. The fourth-order valence-corrected chi connectivity index (χ4v) is 1.76. The summed E-state index contributed by atoms with van der Waals surface area (Å²) in [4.78, 5) is 2.06. The average molecular weight is 194 g/mol. The monoisotopic (exact) mass is 194 g/mol. The number of rotatable bonds is 2. The van der Waals surface area contributed by atoms with E-state index in [1.54, 1.807) is 6.07 Å². The summed E-state index contributed by atoms with van der Waals surface area (Å²) in [6, 6.07) is 5.41. The van der Waals surface area contributed by atoms with E-state index in [-0.39, 0.29) is 12.4 Å². The van der Waals surface area contributed by atoms with Gasteiger partial charge in [0, 0.05) is 19.6 Å². The minimum atomic E-state index is 0.134. The molecular weight excluding hydrogens is 180 g/mol. The predicted molar refractivity (Wildman–Crippen MR) is 55.9 cm³/mol. The maximum Gasteiger partial charge on any atom is 0.140 e. The zero-order valence-electron chi connectivity index (χ0n) is 7.90. The molecule has 0 fully saturated rings. The van der Waals surface area contributed by atoms with Gasteiger partial charge in [-0.05, 0) is 12.1 Å². The van der Waals surface area contributed by atoms with Gasteiger partial charge in [-0.3, -0.25) is 0 Å². The second-order valence-electron chi connectivity index (χ2n) is 3.31. The first-order chi connectivity index (χ1) is 6.83. The third kappa shape index (κ3) is 1.48. The first-order valence-corrected chi connectivity index (χ1v) is 4.74. The van der Waals surface area contributed by atoms with Gasteiger partial charge in [0.25, 0.3) is 0 Å². The van der Waals surface area contributed by atoms with Crippen LogP contribution in [-0.2, 0) is 0 Å². The predicted octanol–water partition coefficient (Wildman–Crippen LogP) is 0.616. The van der Waals surface area contributed by atoms with Gasteiger partial charge in [-0.1, -0.05) is 6.07 Å². The van der Waals surface area contributed by atoms with Crippen molar-refractivity contribution in [3.63, 3.8) is 0 Å². The zero-order valence-corrected chi connectivity index (χ0v) is 7.90. The molecule has 1 aliphatic heterocycles. The van der Waals surface area contributed by atoms with Gasteiger partial charge in [-0.2, -0.15) is 0 Å². The summed E-state index contributed by atoms with van der Waals surface area (Å²) in [6.07, 6.45) is 0. The third-order valence-corrected chi connectivity index (χ3v) is 2.41. The van der Waals surface area contributed by atoms with Crippen LogP contribution in [0.25, 0.3) is 0 Å². The van der Waals surface area contributed by atoms with Gasteiger partial charge in [0.1, 0.15) is 11.4 Å². The molecule has 4 nitrogen and oxygen atoms in total. The van der Waals surface area contributed by atoms with Crippen LogP contribution in [0.15, 0.2) is 18.2 Å². The van der Waals surface area contributed by atoms with E-state index in [2.05, 4.69) is 10.2 Å². The lowest BCUT2D eigenvalue weighted by Gasteiger charge is -2.31. The average Bonchev–Trinajstić information content (AvgIpc) is 2.20. The number of aliphatic hydroxyl groups is 1. The minimum Gasteiger partial charge on any atom is -0.506 e. The third-order valence-electron chi connectivity index (χ3n) is 2.41. The van der Waals surface area contributed by atoms with E-state index in [0.717, 1.165) is 24.5 Å². The Labute approximate surface area is 82.8 Å². The van der Waals surface area contributed by atoms with E-state index in [1.807, 2.05) is 12.1 Å². The quantitative estimate of drug-likeness (QED) is 0.604. The fourth-order valence-electron chi connectivity index (χ4n) is 1.76. The number of anilines is 2. The molecule has 0 aromatic heterocycles. The van der Waals surface area contributed by atoms with Crippen molar-refractivity contribution in [1.82, 2.24) is 0 Å². The number of hydrogen-bond donors (Lipinski definition) is 3. The molecule has 4 heteroatoms. The number of nitrogens with zero attached hydrogens (tertiary/aromatic N) is 1. The van der Waals surface area contributed by atoms with Crippen molar-refractivity contribution >= 4 is 11.4 Å². The summed E-state index contributed by atoms with van der Waals surface area (Å²) in [5.74, 6) is 0.269. The molecule has 1 aromatic rings. The molecule has 14 heavy (non-hydrogen) atoms.